The molecule has 8 heteroatoms. The van der Waals surface area contributed by atoms with Gasteiger partial charge in [0.2, 0.25) is 0 Å². The van der Waals surface area contributed by atoms with Gasteiger partial charge in [-0.15, -0.1) is 16.4 Å². The van der Waals surface area contributed by atoms with Gasteiger partial charge in [-0.25, -0.2) is 4.68 Å². The zero-order chi connectivity index (χ0) is 25.9. The number of tetrazole rings is 1. The van der Waals surface area contributed by atoms with E-state index >= 15 is 0 Å². The molecule has 1 aliphatic rings. The van der Waals surface area contributed by atoms with Crippen molar-refractivity contribution in [2.45, 2.75) is 57.7 Å². The van der Waals surface area contributed by atoms with E-state index in [1.807, 2.05) is 29.8 Å². The zero-order valence-electron chi connectivity index (χ0n) is 21.6. The number of aromatic nitrogens is 5. The predicted octanol–water partition coefficient (Wildman–Crippen LogP) is 5.83. The molecule has 1 N–H and O–H groups in total. The molecule has 2 aromatic carbocycles. The fourth-order valence-corrected chi connectivity index (χ4v) is 6.37. The summed E-state index contributed by atoms with van der Waals surface area (Å²) in [5.41, 5.74) is 3.82. The Hall–Kier alpha value is -3.62. The van der Waals surface area contributed by atoms with Crippen LogP contribution in [0.4, 0.5) is 0 Å². The summed E-state index contributed by atoms with van der Waals surface area (Å²) in [4.78, 5) is 20.5. The summed E-state index contributed by atoms with van der Waals surface area (Å²) in [6.45, 7) is 3.50. The third-order valence-electron chi connectivity index (χ3n) is 7.59. The highest BCUT2D eigenvalue weighted by Gasteiger charge is 2.33. The largest absolute Gasteiger partial charge is 0.322 e. The topological polar surface area (TPSA) is 79.7 Å². The number of aryl methyl sites for hydroxylation is 1. The first kappa shape index (κ1) is 24.7. The monoisotopic (exact) mass is 524 g/mol. The third-order valence-corrected chi connectivity index (χ3v) is 8.45. The quantitative estimate of drug-likeness (QED) is 0.262. The van der Waals surface area contributed by atoms with Gasteiger partial charge in [0.1, 0.15) is 6.04 Å². The average molecular weight is 525 g/mol. The second-order valence-corrected chi connectivity index (χ2v) is 11.3. The van der Waals surface area contributed by atoms with Crippen molar-refractivity contribution in [1.29, 1.82) is 0 Å². The number of thiophene rings is 1. The van der Waals surface area contributed by atoms with Gasteiger partial charge in [-0.05, 0) is 76.7 Å². The van der Waals surface area contributed by atoms with Crippen LogP contribution in [0.2, 0.25) is 0 Å². The van der Waals surface area contributed by atoms with Gasteiger partial charge >= 0.3 is 0 Å². The maximum Gasteiger partial charge on any atom is 0.253 e. The second kappa shape index (κ2) is 11.0. The highest BCUT2D eigenvalue weighted by molar-refractivity contribution is 7.09. The molecule has 0 spiro atoms. The van der Waals surface area contributed by atoms with E-state index in [-0.39, 0.29) is 17.6 Å². The number of rotatable bonds is 9. The van der Waals surface area contributed by atoms with Gasteiger partial charge in [0.25, 0.3) is 5.56 Å². The van der Waals surface area contributed by atoms with Gasteiger partial charge in [0.05, 0.1) is 6.04 Å². The Kier molecular flexibility index (Phi) is 7.16. The molecule has 0 unspecified atom stereocenters. The van der Waals surface area contributed by atoms with Gasteiger partial charge in [-0.2, -0.15) is 0 Å². The highest BCUT2D eigenvalue weighted by Crippen LogP contribution is 2.35. The Balaban J connectivity index is 1.48. The van der Waals surface area contributed by atoms with Crippen LogP contribution in [-0.4, -0.2) is 36.6 Å². The van der Waals surface area contributed by atoms with Crippen LogP contribution in [0.5, 0.6) is 0 Å². The van der Waals surface area contributed by atoms with Crippen molar-refractivity contribution in [2.24, 2.45) is 0 Å². The first-order valence-electron chi connectivity index (χ1n) is 13.4. The van der Waals surface area contributed by atoms with Crippen LogP contribution in [0, 0.1) is 6.92 Å². The molecule has 0 aliphatic heterocycles. The molecule has 0 bridgehead atoms. The van der Waals surface area contributed by atoms with E-state index in [2.05, 4.69) is 79.3 Å². The van der Waals surface area contributed by atoms with E-state index < -0.39 is 0 Å². The van der Waals surface area contributed by atoms with Crippen molar-refractivity contribution in [3.05, 3.63) is 110 Å². The van der Waals surface area contributed by atoms with Crippen molar-refractivity contribution in [2.75, 3.05) is 6.54 Å². The molecule has 1 atom stereocenters. The lowest BCUT2D eigenvalue weighted by Gasteiger charge is -2.31. The summed E-state index contributed by atoms with van der Waals surface area (Å²) in [6, 6.07) is 22.9. The van der Waals surface area contributed by atoms with Crippen molar-refractivity contribution in [3.63, 3.8) is 0 Å². The normalized spacial score (nSPS) is 15.0. The number of hydrogen-bond acceptors (Lipinski definition) is 6. The van der Waals surface area contributed by atoms with Crippen LogP contribution in [0.15, 0.2) is 76.9 Å². The summed E-state index contributed by atoms with van der Waals surface area (Å²) in [6.07, 6.45) is 5.34. The van der Waals surface area contributed by atoms with Gasteiger partial charge in [-0.1, -0.05) is 61.4 Å². The number of nitrogens with zero attached hydrogens (tertiary/aromatic N) is 5. The number of aromatic amines is 1. The first-order valence-corrected chi connectivity index (χ1v) is 14.3. The van der Waals surface area contributed by atoms with Crippen LogP contribution >= 0.6 is 11.3 Å². The Bertz CT molecular complexity index is 1550. The summed E-state index contributed by atoms with van der Waals surface area (Å²) in [5, 5.41) is 16.3. The van der Waals surface area contributed by atoms with E-state index in [1.165, 1.54) is 23.3 Å². The van der Waals surface area contributed by atoms with Crippen molar-refractivity contribution < 1.29 is 0 Å². The van der Waals surface area contributed by atoms with Gasteiger partial charge in [-0.3, -0.25) is 9.69 Å². The maximum absolute atomic E-state index is 13.7. The van der Waals surface area contributed by atoms with E-state index in [1.54, 1.807) is 11.3 Å². The minimum absolute atomic E-state index is 0.0926. The Morgan fingerprint density at radius 3 is 2.71 bits per heavy atom. The van der Waals surface area contributed by atoms with Gasteiger partial charge < -0.3 is 4.98 Å². The van der Waals surface area contributed by atoms with E-state index in [9.17, 15) is 4.79 Å². The number of nitrogens with one attached hydrogen (secondary N) is 1. The standard InChI is InChI=1S/C30H32N6OS/c1-21-13-14-23-19-26(30(37)31-27(23)18-21)28(29-32-33-34-36(29)24-10-5-6-11-24)35(20-25-12-7-17-38-25)16-15-22-8-3-2-4-9-22/h2-4,7-9,12-14,17-19,24,28H,5-6,10-11,15-16,20H2,1H3,(H,31,37)/t28-/m0/s1. The predicted molar refractivity (Wildman–Crippen MR) is 151 cm³/mol. The lowest BCUT2D eigenvalue weighted by Crippen LogP contribution is -2.36. The van der Waals surface area contributed by atoms with Crippen LogP contribution in [0.25, 0.3) is 10.9 Å². The number of fused-ring (bicyclic) bond motifs is 1. The molecule has 38 heavy (non-hydrogen) atoms. The molecule has 0 amide bonds. The molecule has 6 rings (SSSR count). The molecule has 3 heterocycles. The van der Waals surface area contributed by atoms with E-state index in [4.69, 9.17) is 0 Å². The van der Waals surface area contributed by atoms with Crippen LogP contribution in [0.3, 0.4) is 0 Å². The SMILES string of the molecule is Cc1ccc2cc([C@@H](c3nnnn3C3CCCC3)N(CCc3ccccc3)Cc3cccs3)c(=O)[nH]c2c1. The fraction of sp³-hybridized carbons (Fsp3) is 0.333. The lowest BCUT2D eigenvalue weighted by atomic mass is 10.0. The zero-order valence-corrected chi connectivity index (χ0v) is 22.4. The number of H-pyrrole nitrogens is 1. The van der Waals surface area contributed by atoms with E-state index in [0.29, 0.717) is 12.1 Å². The Morgan fingerprint density at radius 2 is 1.92 bits per heavy atom. The molecule has 0 radical (unpaired) electrons. The van der Waals surface area contributed by atoms with Crippen LogP contribution < -0.4 is 5.56 Å². The van der Waals surface area contributed by atoms with E-state index in [0.717, 1.165) is 48.1 Å². The molecule has 1 aliphatic carbocycles. The number of benzene rings is 2. The summed E-state index contributed by atoms with van der Waals surface area (Å²) >= 11 is 1.73. The maximum atomic E-state index is 13.7. The minimum Gasteiger partial charge on any atom is -0.322 e. The molecule has 0 saturated heterocycles. The smallest absolute Gasteiger partial charge is 0.253 e. The average Bonchev–Trinajstić information content (AvgIpc) is 3.71. The Morgan fingerprint density at radius 1 is 1.08 bits per heavy atom. The highest BCUT2D eigenvalue weighted by atomic mass is 32.1. The van der Waals surface area contributed by atoms with Crippen molar-refractivity contribution in [1.82, 2.24) is 30.1 Å². The second-order valence-electron chi connectivity index (χ2n) is 10.3. The molecule has 1 saturated carbocycles. The summed E-state index contributed by atoms with van der Waals surface area (Å²) in [5.74, 6) is 0.749. The molecule has 1 fully saturated rings. The van der Waals surface area contributed by atoms with Crippen LogP contribution in [0.1, 0.15) is 65.2 Å². The molecule has 3 aromatic heterocycles. The molecule has 5 aromatic rings. The first-order chi connectivity index (χ1) is 18.7. The molecular formula is C30H32N6OS. The minimum atomic E-state index is -0.383. The van der Waals surface area contributed by atoms with Gasteiger partial charge in [0.15, 0.2) is 5.82 Å². The lowest BCUT2D eigenvalue weighted by molar-refractivity contribution is 0.203. The summed E-state index contributed by atoms with van der Waals surface area (Å²) in [7, 11) is 0. The summed E-state index contributed by atoms with van der Waals surface area (Å²) < 4.78 is 2.00. The molecular weight excluding hydrogens is 492 g/mol. The van der Waals surface area contributed by atoms with Crippen molar-refractivity contribution in [3.8, 4) is 0 Å². The van der Waals surface area contributed by atoms with Crippen molar-refractivity contribution >= 4 is 22.2 Å². The Labute approximate surface area is 226 Å². The van der Waals surface area contributed by atoms with Gasteiger partial charge in [0, 0.05) is 29.0 Å². The number of pyridine rings is 1. The fourth-order valence-electron chi connectivity index (χ4n) is 5.64. The number of hydrogen-bond donors (Lipinski definition) is 1. The van der Waals surface area contributed by atoms with Crippen LogP contribution in [-0.2, 0) is 13.0 Å². The molecule has 194 valence electrons. The molecule has 7 nitrogen and oxygen atoms in total. The third kappa shape index (κ3) is 5.19.